The fourth-order valence-electron chi connectivity index (χ4n) is 3.34. The molecular formula is C21H20BrN3O6. The number of furan rings is 1. The third-order valence-corrected chi connectivity index (χ3v) is 5.33. The van der Waals surface area contributed by atoms with E-state index in [0.29, 0.717) is 60.5 Å². The van der Waals surface area contributed by atoms with E-state index in [4.69, 9.17) is 13.9 Å². The van der Waals surface area contributed by atoms with E-state index < -0.39 is 17.8 Å². The number of benzene rings is 1. The summed E-state index contributed by atoms with van der Waals surface area (Å²) in [6.45, 7) is 4.77. The minimum absolute atomic E-state index is 0.212. The number of nitrogens with zero attached hydrogens (tertiary/aromatic N) is 2. The van der Waals surface area contributed by atoms with Crippen molar-refractivity contribution in [3.8, 4) is 5.75 Å². The maximum absolute atomic E-state index is 13.1. The van der Waals surface area contributed by atoms with Crippen molar-refractivity contribution in [3.63, 3.8) is 0 Å². The van der Waals surface area contributed by atoms with Gasteiger partial charge in [0.1, 0.15) is 17.1 Å². The summed E-state index contributed by atoms with van der Waals surface area (Å²) >= 11 is 3.46. The molecule has 0 atom stereocenters. The molecule has 1 aromatic heterocycles. The minimum Gasteiger partial charge on any atom is -0.494 e. The van der Waals surface area contributed by atoms with Crippen LogP contribution in [0.3, 0.4) is 0 Å². The predicted octanol–water partition coefficient (Wildman–Crippen LogP) is 2.94. The number of halogens is 1. The predicted molar refractivity (Wildman–Crippen MR) is 116 cm³/mol. The quantitative estimate of drug-likeness (QED) is 0.508. The zero-order chi connectivity index (χ0) is 22.0. The van der Waals surface area contributed by atoms with Crippen LogP contribution in [0.25, 0.3) is 6.08 Å². The van der Waals surface area contributed by atoms with Crippen molar-refractivity contribution < 1.29 is 28.3 Å². The molecule has 1 aromatic carbocycles. The smallest absolute Gasteiger partial charge is 0.335 e. The summed E-state index contributed by atoms with van der Waals surface area (Å²) in [6.07, 6.45) is 1.33. The van der Waals surface area contributed by atoms with E-state index in [-0.39, 0.29) is 5.57 Å². The van der Waals surface area contributed by atoms with Gasteiger partial charge in [-0.2, -0.15) is 0 Å². The van der Waals surface area contributed by atoms with E-state index in [1.54, 1.807) is 30.3 Å². The Morgan fingerprint density at radius 1 is 1.19 bits per heavy atom. The second-order valence-electron chi connectivity index (χ2n) is 6.79. The molecule has 4 rings (SSSR count). The monoisotopic (exact) mass is 489 g/mol. The van der Waals surface area contributed by atoms with Crippen LogP contribution < -0.4 is 19.9 Å². The number of ether oxygens (including phenoxy) is 2. The number of nitrogens with one attached hydrogen (secondary N) is 1. The van der Waals surface area contributed by atoms with E-state index in [1.807, 2.05) is 11.8 Å². The van der Waals surface area contributed by atoms with Gasteiger partial charge in [0.15, 0.2) is 0 Å². The molecule has 31 heavy (non-hydrogen) atoms. The number of carbonyl (C=O) groups excluding carboxylic acids is 3. The summed E-state index contributed by atoms with van der Waals surface area (Å²) < 4.78 is 17.4. The van der Waals surface area contributed by atoms with Crippen LogP contribution in [-0.4, -0.2) is 50.8 Å². The molecule has 2 aliphatic rings. The van der Waals surface area contributed by atoms with E-state index >= 15 is 0 Å². The number of morpholine rings is 1. The molecule has 10 heteroatoms. The highest BCUT2D eigenvalue weighted by molar-refractivity contribution is 9.10. The number of rotatable bonds is 5. The van der Waals surface area contributed by atoms with Gasteiger partial charge in [0.25, 0.3) is 11.8 Å². The molecule has 4 amide bonds. The lowest BCUT2D eigenvalue weighted by atomic mass is 10.1. The SMILES string of the molecule is CCOc1cccc(N2C(=O)NC(=O)C(=Cc3cc(Br)c(N4CCOCC4)o3)C2=O)c1. The largest absolute Gasteiger partial charge is 0.494 e. The maximum Gasteiger partial charge on any atom is 0.335 e. The van der Waals surface area contributed by atoms with E-state index in [0.717, 1.165) is 4.90 Å². The number of hydrogen-bond donors (Lipinski definition) is 1. The number of urea groups is 1. The Bertz CT molecular complexity index is 1060. The van der Waals surface area contributed by atoms with Crippen molar-refractivity contribution in [2.75, 3.05) is 42.7 Å². The van der Waals surface area contributed by atoms with Gasteiger partial charge < -0.3 is 18.8 Å². The second-order valence-corrected chi connectivity index (χ2v) is 7.64. The van der Waals surface area contributed by atoms with Crippen molar-refractivity contribution in [3.05, 3.63) is 46.1 Å². The molecule has 162 valence electrons. The lowest BCUT2D eigenvalue weighted by Crippen LogP contribution is -2.54. The van der Waals surface area contributed by atoms with Crippen molar-refractivity contribution in [1.29, 1.82) is 0 Å². The standard InChI is InChI=1S/C21H20BrN3O6/c1-2-30-14-5-3-4-13(10-14)25-19(27)16(18(26)23-21(25)28)11-15-12-17(22)20(31-15)24-6-8-29-9-7-24/h3-5,10-12H,2,6-9H2,1H3,(H,23,26,28). The van der Waals surface area contributed by atoms with E-state index in [2.05, 4.69) is 21.2 Å². The third kappa shape index (κ3) is 4.35. The van der Waals surface area contributed by atoms with Gasteiger partial charge in [-0.1, -0.05) is 6.07 Å². The van der Waals surface area contributed by atoms with Gasteiger partial charge in [-0.05, 0) is 41.1 Å². The summed E-state index contributed by atoms with van der Waals surface area (Å²) in [4.78, 5) is 40.8. The van der Waals surface area contributed by atoms with Crippen LogP contribution in [0.4, 0.5) is 16.4 Å². The topological polar surface area (TPSA) is 101 Å². The number of amides is 4. The Labute approximate surface area is 186 Å². The highest BCUT2D eigenvalue weighted by Gasteiger charge is 2.37. The summed E-state index contributed by atoms with van der Waals surface area (Å²) in [6, 6.07) is 7.39. The number of hydrogen-bond acceptors (Lipinski definition) is 7. The molecule has 0 aliphatic carbocycles. The first kappa shape index (κ1) is 21.1. The van der Waals surface area contributed by atoms with Gasteiger partial charge >= 0.3 is 6.03 Å². The molecule has 0 spiro atoms. The average molecular weight is 490 g/mol. The van der Waals surface area contributed by atoms with E-state index in [9.17, 15) is 14.4 Å². The number of carbonyl (C=O) groups is 3. The van der Waals surface area contributed by atoms with Crippen LogP contribution in [-0.2, 0) is 14.3 Å². The van der Waals surface area contributed by atoms with Crippen molar-refractivity contribution in [2.45, 2.75) is 6.92 Å². The summed E-state index contributed by atoms with van der Waals surface area (Å²) in [5, 5.41) is 2.20. The Hall–Kier alpha value is -3.11. The summed E-state index contributed by atoms with van der Waals surface area (Å²) in [5.41, 5.74) is 0.0812. The fraction of sp³-hybridized carbons (Fsp3) is 0.286. The molecule has 3 heterocycles. The number of barbiturate groups is 1. The second kappa shape index (κ2) is 8.94. The first-order valence-corrected chi connectivity index (χ1v) is 10.5. The molecule has 0 saturated carbocycles. The fourth-order valence-corrected chi connectivity index (χ4v) is 3.90. The average Bonchev–Trinajstić information content (AvgIpc) is 3.12. The Kier molecular flexibility index (Phi) is 6.10. The Morgan fingerprint density at radius 3 is 2.71 bits per heavy atom. The molecule has 0 bridgehead atoms. The van der Waals surface area contributed by atoms with Gasteiger partial charge in [-0.15, -0.1) is 0 Å². The van der Waals surface area contributed by atoms with Crippen LogP contribution in [0.2, 0.25) is 0 Å². The third-order valence-electron chi connectivity index (χ3n) is 4.76. The van der Waals surface area contributed by atoms with Crippen LogP contribution in [0, 0.1) is 0 Å². The Balaban J connectivity index is 1.64. The Morgan fingerprint density at radius 2 is 1.97 bits per heavy atom. The van der Waals surface area contributed by atoms with Gasteiger partial charge in [-0.25, -0.2) is 9.69 Å². The molecule has 9 nitrogen and oxygen atoms in total. The zero-order valence-electron chi connectivity index (χ0n) is 16.7. The molecule has 2 fully saturated rings. The van der Waals surface area contributed by atoms with Crippen LogP contribution in [0.5, 0.6) is 5.75 Å². The lowest BCUT2D eigenvalue weighted by molar-refractivity contribution is -0.122. The first-order chi connectivity index (χ1) is 15.0. The molecule has 2 saturated heterocycles. The van der Waals surface area contributed by atoms with Crippen molar-refractivity contribution in [2.24, 2.45) is 0 Å². The normalized spacial score (nSPS) is 18.5. The highest BCUT2D eigenvalue weighted by Crippen LogP contribution is 2.33. The van der Waals surface area contributed by atoms with Gasteiger partial charge in [0, 0.05) is 25.2 Å². The van der Waals surface area contributed by atoms with Crippen molar-refractivity contribution >= 4 is 51.4 Å². The molecule has 2 aliphatic heterocycles. The molecule has 0 unspecified atom stereocenters. The van der Waals surface area contributed by atoms with E-state index in [1.165, 1.54) is 6.08 Å². The van der Waals surface area contributed by atoms with Gasteiger partial charge in [0.2, 0.25) is 5.88 Å². The van der Waals surface area contributed by atoms with Crippen LogP contribution >= 0.6 is 15.9 Å². The zero-order valence-corrected chi connectivity index (χ0v) is 18.3. The lowest BCUT2D eigenvalue weighted by Gasteiger charge is -2.27. The summed E-state index contributed by atoms with van der Waals surface area (Å²) in [5.74, 6) is -0.121. The van der Waals surface area contributed by atoms with Crippen LogP contribution in [0.1, 0.15) is 12.7 Å². The highest BCUT2D eigenvalue weighted by atomic mass is 79.9. The summed E-state index contributed by atoms with van der Waals surface area (Å²) in [7, 11) is 0. The minimum atomic E-state index is -0.824. The molecule has 0 radical (unpaired) electrons. The first-order valence-electron chi connectivity index (χ1n) is 9.74. The molecule has 2 aromatic rings. The van der Waals surface area contributed by atoms with Gasteiger partial charge in [-0.3, -0.25) is 14.9 Å². The van der Waals surface area contributed by atoms with Gasteiger partial charge in [0.05, 0.1) is 30.0 Å². The van der Waals surface area contributed by atoms with Crippen molar-refractivity contribution in [1.82, 2.24) is 5.32 Å². The molecular weight excluding hydrogens is 470 g/mol. The molecule has 1 N–H and O–H groups in total. The number of imide groups is 2. The van der Waals surface area contributed by atoms with Crippen LogP contribution in [0.15, 0.2) is 44.8 Å². The number of anilines is 2. The maximum atomic E-state index is 13.1.